The van der Waals surface area contributed by atoms with Gasteiger partial charge in [0.2, 0.25) is 0 Å². The van der Waals surface area contributed by atoms with E-state index in [0.29, 0.717) is 11.1 Å². The summed E-state index contributed by atoms with van der Waals surface area (Å²) in [6, 6.07) is 5.70. The number of rotatable bonds is 5. The number of likely N-dealkylation sites (N-methyl/N-ethyl adjacent to an activating group) is 1. The second kappa shape index (κ2) is 7.14. The van der Waals surface area contributed by atoms with Crippen LogP contribution in [0.3, 0.4) is 0 Å². The molecule has 4 nitrogen and oxygen atoms in total. The van der Waals surface area contributed by atoms with Crippen molar-refractivity contribution in [3.63, 3.8) is 0 Å². The number of hydrogen-bond donors (Lipinski definition) is 2. The van der Waals surface area contributed by atoms with Crippen LogP contribution in [-0.2, 0) is 17.6 Å². The van der Waals surface area contributed by atoms with Crippen LogP contribution in [0.5, 0.6) is 0 Å². The van der Waals surface area contributed by atoms with Crippen LogP contribution in [0.15, 0.2) is 60.0 Å². The van der Waals surface area contributed by atoms with Crippen LogP contribution < -0.4 is 5.73 Å². The average Bonchev–Trinajstić information content (AvgIpc) is 2.51. The molecule has 0 radical (unpaired) electrons. The van der Waals surface area contributed by atoms with Gasteiger partial charge in [0.25, 0.3) is 0 Å². The van der Waals surface area contributed by atoms with Gasteiger partial charge in [-0.3, -0.25) is 4.79 Å². The van der Waals surface area contributed by atoms with Crippen LogP contribution in [0, 0.1) is 0 Å². The van der Waals surface area contributed by atoms with Crippen LogP contribution in [0.2, 0.25) is 0 Å². The van der Waals surface area contributed by atoms with E-state index in [0.717, 1.165) is 6.08 Å². The molecule has 0 unspecified atom stereocenters. The zero-order valence-electron chi connectivity index (χ0n) is 13.7. The quantitative estimate of drug-likeness (QED) is 0.855. The van der Waals surface area contributed by atoms with Crippen molar-refractivity contribution in [2.24, 2.45) is 5.73 Å². The van der Waals surface area contributed by atoms with E-state index in [1.165, 1.54) is 11.1 Å². The van der Waals surface area contributed by atoms with Gasteiger partial charge in [0.15, 0.2) is 0 Å². The standard InChI is InChI=1S/C18H19F3N2O2/c1-11-14(15(18(19,20)21)6-7-23(11)2)9-12-4-3-5-13(8-12)10-16(22)17(24)25/h3-8,16H,1,9-10,22H2,2H3,(H,24,25)/t16-/m0/s1. The summed E-state index contributed by atoms with van der Waals surface area (Å²) in [5.41, 5.74) is 6.47. The first-order chi connectivity index (χ1) is 11.6. The molecule has 1 atom stereocenters. The molecule has 7 heteroatoms. The molecule has 3 N–H and O–H groups in total. The smallest absolute Gasteiger partial charge is 0.416 e. The lowest BCUT2D eigenvalue weighted by Gasteiger charge is -2.27. The number of halogens is 3. The summed E-state index contributed by atoms with van der Waals surface area (Å²) in [6.45, 7) is 3.75. The summed E-state index contributed by atoms with van der Waals surface area (Å²) in [5.74, 6) is -1.13. The van der Waals surface area contributed by atoms with E-state index < -0.39 is 23.8 Å². The lowest BCUT2D eigenvalue weighted by molar-refractivity contribution is -0.138. The molecule has 25 heavy (non-hydrogen) atoms. The van der Waals surface area contributed by atoms with Crippen molar-refractivity contribution in [3.8, 4) is 0 Å². The Hall–Kier alpha value is -2.54. The summed E-state index contributed by atoms with van der Waals surface area (Å²) in [7, 11) is 1.63. The minimum absolute atomic E-state index is 0.0402. The van der Waals surface area contributed by atoms with Crippen molar-refractivity contribution in [1.29, 1.82) is 0 Å². The van der Waals surface area contributed by atoms with E-state index in [-0.39, 0.29) is 24.1 Å². The Balaban J connectivity index is 2.33. The second-order valence-corrected chi connectivity index (χ2v) is 5.91. The van der Waals surface area contributed by atoms with Gasteiger partial charge in [-0.05, 0) is 29.2 Å². The summed E-state index contributed by atoms with van der Waals surface area (Å²) in [4.78, 5) is 12.4. The lowest BCUT2D eigenvalue weighted by Crippen LogP contribution is -2.32. The van der Waals surface area contributed by atoms with Gasteiger partial charge >= 0.3 is 12.1 Å². The van der Waals surface area contributed by atoms with Crippen molar-refractivity contribution in [3.05, 3.63) is 71.1 Å². The fraction of sp³-hybridized carbons (Fsp3) is 0.278. The largest absolute Gasteiger partial charge is 0.480 e. The summed E-state index contributed by atoms with van der Waals surface area (Å²) >= 11 is 0. The fourth-order valence-electron chi connectivity index (χ4n) is 2.62. The van der Waals surface area contributed by atoms with Crippen LogP contribution in [0.4, 0.5) is 13.2 Å². The molecular weight excluding hydrogens is 333 g/mol. The Bertz CT molecular complexity index is 751. The predicted molar refractivity (Wildman–Crippen MR) is 88.6 cm³/mol. The molecule has 0 bridgehead atoms. The number of alkyl halides is 3. The topological polar surface area (TPSA) is 66.6 Å². The van der Waals surface area contributed by atoms with Crippen molar-refractivity contribution >= 4 is 5.97 Å². The third kappa shape index (κ3) is 4.51. The van der Waals surface area contributed by atoms with E-state index in [4.69, 9.17) is 10.8 Å². The molecule has 1 heterocycles. The number of nitrogens with two attached hydrogens (primary N) is 1. The van der Waals surface area contributed by atoms with E-state index >= 15 is 0 Å². The minimum atomic E-state index is -4.47. The first-order valence-electron chi connectivity index (χ1n) is 7.56. The highest BCUT2D eigenvalue weighted by Gasteiger charge is 2.37. The van der Waals surface area contributed by atoms with Gasteiger partial charge < -0.3 is 15.7 Å². The van der Waals surface area contributed by atoms with Crippen molar-refractivity contribution in [1.82, 2.24) is 4.90 Å². The Labute approximate surface area is 143 Å². The molecule has 2 rings (SSSR count). The van der Waals surface area contributed by atoms with Gasteiger partial charge in [-0.1, -0.05) is 30.8 Å². The lowest BCUT2D eigenvalue weighted by atomic mass is 9.93. The van der Waals surface area contributed by atoms with Crippen molar-refractivity contribution in [2.45, 2.75) is 25.1 Å². The Morgan fingerprint density at radius 3 is 2.60 bits per heavy atom. The Morgan fingerprint density at radius 2 is 2.00 bits per heavy atom. The molecule has 0 fully saturated rings. The highest BCUT2D eigenvalue weighted by molar-refractivity contribution is 5.73. The number of carbonyl (C=O) groups is 1. The summed E-state index contributed by atoms with van der Waals surface area (Å²) < 4.78 is 39.9. The third-order valence-corrected chi connectivity index (χ3v) is 4.01. The predicted octanol–water partition coefficient (Wildman–Crippen LogP) is 3.02. The van der Waals surface area contributed by atoms with E-state index in [1.54, 1.807) is 31.3 Å². The maximum absolute atomic E-state index is 13.3. The molecule has 134 valence electrons. The second-order valence-electron chi connectivity index (χ2n) is 5.91. The van der Waals surface area contributed by atoms with Crippen molar-refractivity contribution < 1.29 is 23.1 Å². The molecule has 0 spiro atoms. The molecule has 1 aliphatic heterocycles. The Kier molecular flexibility index (Phi) is 5.37. The average molecular weight is 352 g/mol. The number of benzene rings is 1. The monoisotopic (exact) mass is 352 g/mol. The zero-order chi connectivity index (χ0) is 18.8. The number of carboxylic acids is 1. The van der Waals surface area contributed by atoms with Gasteiger partial charge in [-0.2, -0.15) is 13.2 Å². The third-order valence-electron chi connectivity index (χ3n) is 4.01. The SMILES string of the molecule is C=C1C(Cc2cccc(C[C@H](N)C(=O)O)c2)=C(C(F)(F)F)C=CN1C. The van der Waals surface area contributed by atoms with E-state index in [2.05, 4.69) is 6.58 Å². The molecule has 1 aromatic carbocycles. The highest BCUT2D eigenvalue weighted by atomic mass is 19.4. The van der Waals surface area contributed by atoms with Crippen LogP contribution in [-0.4, -0.2) is 35.2 Å². The molecule has 0 amide bonds. The molecule has 0 aromatic heterocycles. The van der Waals surface area contributed by atoms with Crippen LogP contribution >= 0.6 is 0 Å². The molecule has 1 aliphatic rings. The Morgan fingerprint density at radius 1 is 1.36 bits per heavy atom. The summed E-state index contributed by atoms with van der Waals surface area (Å²) in [5, 5.41) is 8.88. The van der Waals surface area contributed by atoms with Gasteiger partial charge in [-0.15, -0.1) is 0 Å². The molecule has 0 saturated carbocycles. The van der Waals surface area contributed by atoms with E-state index in [9.17, 15) is 18.0 Å². The first kappa shape index (κ1) is 18.8. The maximum Gasteiger partial charge on any atom is 0.416 e. The van der Waals surface area contributed by atoms with Crippen molar-refractivity contribution in [2.75, 3.05) is 7.05 Å². The molecule has 1 aromatic rings. The number of aliphatic carboxylic acids is 1. The van der Waals surface area contributed by atoms with Gasteiger partial charge in [0.05, 0.1) is 5.57 Å². The van der Waals surface area contributed by atoms with Gasteiger partial charge in [-0.25, -0.2) is 0 Å². The first-order valence-corrected chi connectivity index (χ1v) is 7.56. The molecule has 0 aliphatic carbocycles. The van der Waals surface area contributed by atoms with Crippen LogP contribution in [0.25, 0.3) is 0 Å². The number of allylic oxidation sites excluding steroid dienone is 3. The molecular formula is C18H19F3N2O2. The summed E-state index contributed by atoms with van der Waals surface area (Å²) in [6.07, 6.45) is -1.96. The van der Waals surface area contributed by atoms with Crippen LogP contribution in [0.1, 0.15) is 11.1 Å². The van der Waals surface area contributed by atoms with Gasteiger partial charge in [0, 0.05) is 25.4 Å². The number of hydrogen-bond acceptors (Lipinski definition) is 3. The van der Waals surface area contributed by atoms with E-state index in [1.807, 2.05) is 0 Å². The molecule has 0 saturated heterocycles. The number of carboxylic acid groups (broad SMARTS) is 1. The van der Waals surface area contributed by atoms with Gasteiger partial charge in [0.1, 0.15) is 6.04 Å². The minimum Gasteiger partial charge on any atom is -0.480 e. The normalized spacial score (nSPS) is 16.4. The fourth-order valence-corrected chi connectivity index (χ4v) is 2.62. The zero-order valence-corrected chi connectivity index (χ0v) is 13.7. The number of nitrogens with zero attached hydrogens (tertiary/aromatic N) is 1. The maximum atomic E-state index is 13.3. The highest BCUT2D eigenvalue weighted by Crippen LogP contribution is 2.36.